The van der Waals surface area contributed by atoms with Crippen LogP contribution in [-0.2, 0) is 20.0 Å². The van der Waals surface area contributed by atoms with Gasteiger partial charge in [0, 0.05) is 0 Å². The van der Waals surface area contributed by atoms with E-state index >= 15 is 0 Å². The van der Waals surface area contributed by atoms with E-state index in [9.17, 15) is 43.2 Å². The summed E-state index contributed by atoms with van der Waals surface area (Å²) in [6.07, 6.45) is -9.96. The SMILES string of the molecule is O=S(=O)(NS(=O)(=O)C(F)(F)F)C1CC(F)C(F)C(F)C1. The molecule has 120 valence electrons. The Bertz CT molecular complexity index is 546. The van der Waals surface area contributed by atoms with E-state index in [4.69, 9.17) is 0 Å². The van der Waals surface area contributed by atoms with Gasteiger partial charge in [-0.3, -0.25) is 0 Å². The van der Waals surface area contributed by atoms with E-state index in [2.05, 4.69) is 0 Å². The van der Waals surface area contributed by atoms with Crippen LogP contribution in [-0.4, -0.2) is 46.1 Å². The zero-order valence-electron chi connectivity index (χ0n) is 9.44. The fourth-order valence-electron chi connectivity index (χ4n) is 1.61. The number of hydrogen-bond acceptors (Lipinski definition) is 4. The molecule has 0 aromatic rings. The van der Waals surface area contributed by atoms with E-state index < -0.39 is 62.2 Å². The van der Waals surface area contributed by atoms with E-state index in [1.54, 1.807) is 0 Å². The molecular formula is C7H9F6NO4S2. The Kier molecular flexibility index (Phi) is 4.66. The fraction of sp³-hybridized carbons (Fsp3) is 1.00. The minimum atomic E-state index is -6.23. The van der Waals surface area contributed by atoms with Gasteiger partial charge in [-0.15, -0.1) is 4.13 Å². The second-order valence-electron chi connectivity index (χ2n) is 4.15. The summed E-state index contributed by atoms with van der Waals surface area (Å²) >= 11 is 0. The largest absolute Gasteiger partial charge is 0.512 e. The molecule has 0 aliphatic heterocycles. The van der Waals surface area contributed by atoms with Gasteiger partial charge in [-0.05, 0) is 12.8 Å². The molecular weight excluding hydrogens is 340 g/mol. The summed E-state index contributed by atoms with van der Waals surface area (Å²) in [6, 6.07) is 0. The van der Waals surface area contributed by atoms with Crippen LogP contribution < -0.4 is 4.13 Å². The van der Waals surface area contributed by atoms with Crippen LogP contribution in [0.5, 0.6) is 0 Å². The van der Waals surface area contributed by atoms with Crippen molar-refractivity contribution >= 4 is 20.0 Å². The van der Waals surface area contributed by atoms with Crippen molar-refractivity contribution in [1.29, 1.82) is 0 Å². The lowest BCUT2D eigenvalue weighted by Crippen LogP contribution is -2.49. The number of hydrogen-bond donors (Lipinski definition) is 1. The first-order chi connectivity index (χ1) is 8.78. The van der Waals surface area contributed by atoms with Gasteiger partial charge in [0.15, 0.2) is 6.17 Å². The van der Waals surface area contributed by atoms with Crippen molar-refractivity contribution in [3.8, 4) is 0 Å². The second kappa shape index (κ2) is 5.33. The molecule has 0 heterocycles. The number of halogens is 6. The summed E-state index contributed by atoms with van der Waals surface area (Å²) in [6.45, 7) is 0. The minimum absolute atomic E-state index is 0.362. The van der Waals surface area contributed by atoms with Crippen LogP contribution in [0, 0.1) is 0 Å². The first-order valence-corrected chi connectivity index (χ1v) is 8.07. The van der Waals surface area contributed by atoms with Gasteiger partial charge in [0.1, 0.15) is 12.3 Å². The third kappa shape index (κ3) is 3.55. The molecule has 20 heavy (non-hydrogen) atoms. The summed E-state index contributed by atoms with van der Waals surface area (Å²) in [5.74, 6) is 0. The van der Waals surface area contributed by atoms with Gasteiger partial charge in [0.05, 0.1) is 5.25 Å². The van der Waals surface area contributed by atoms with Gasteiger partial charge >= 0.3 is 15.5 Å². The molecule has 2 atom stereocenters. The molecule has 1 aliphatic rings. The van der Waals surface area contributed by atoms with Crippen molar-refractivity contribution in [2.75, 3.05) is 0 Å². The highest BCUT2D eigenvalue weighted by atomic mass is 32.3. The monoisotopic (exact) mass is 349 g/mol. The van der Waals surface area contributed by atoms with Crippen molar-refractivity contribution < 1.29 is 43.2 Å². The van der Waals surface area contributed by atoms with Crippen LogP contribution in [0.4, 0.5) is 26.3 Å². The van der Waals surface area contributed by atoms with Crippen LogP contribution >= 0.6 is 0 Å². The van der Waals surface area contributed by atoms with E-state index in [-0.39, 0.29) is 0 Å². The maximum atomic E-state index is 13.0. The summed E-state index contributed by atoms with van der Waals surface area (Å²) in [5.41, 5.74) is -5.90. The van der Waals surface area contributed by atoms with E-state index in [1.165, 1.54) is 0 Å². The van der Waals surface area contributed by atoms with Crippen molar-refractivity contribution in [2.45, 2.75) is 42.1 Å². The van der Waals surface area contributed by atoms with Gasteiger partial charge < -0.3 is 0 Å². The Hall–Kier alpha value is -0.560. The lowest BCUT2D eigenvalue weighted by atomic mass is 9.95. The molecule has 13 heteroatoms. The van der Waals surface area contributed by atoms with Gasteiger partial charge in [-0.2, -0.15) is 13.2 Å². The first kappa shape index (κ1) is 17.5. The Balaban J connectivity index is 2.97. The van der Waals surface area contributed by atoms with Gasteiger partial charge in [-0.1, -0.05) is 0 Å². The average Bonchev–Trinajstić information content (AvgIpc) is 2.22. The van der Waals surface area contributed by atoms with Crippen molar-refractivity contribution in [3.05, 3.63) is 0 Å². The third-order valence-corrected chi connectivity index (χ3v) is 6.32. The van der Waals surface area contributed by atoms with E-state index in [1.807, 2.05) is 0 Å². The Morgan fingerprint density at radius 2 is 1.30 bits per heavy atom. The van der Waals surface area contributed by atoms with Crippen LogP contribution in [0.2, 0.25) is 0 Å². The number of alkyl halides is 6. The fourth-order valence-corrected chi connectivity index (χ4v) is 4.63. The molecule has 1 saturated carbocycles. The van der Waals surface area contributed by atoms with E-state index in [0.29, 0.717) is 4.13 Å². The van der Waals surface area contributed by atoms with Crippen LogP contribution in [0.3, 0.4) is 0 Å². The number of sulfonamides is 2. The number of nitrogens with one attached hydrogen (secondary N) is 1. The third-order valence-electron chi connectivity index (χ3n) is 2.64. The number of rotatable bonds is 3. The molecule has 5 nitrogen and oxygen atoms in total. The Morgan fingerprint density at radius 1 is 0.900 bits per heavy atom. The van der Waals surface area contributed by atoms with Crippen LogP contribution in [0.15, 0.2) is 0 Å². The molecule has 0 bridgehead atoms. The normalized spacial score (nSPS) is 33.1. The molecule has 1 rings (SSSR count). The summed E-state index contributed by atoms with van der Waals surface area (Å²) in [7, 11) is -11.4. The molecule has 0 radical (unpaired) electrons. The van der Waals surface area contributed by atoms with Gasteiger partial charge in [0.2, 0.25) is 10.0 Å². The second-order valence-corrected chi connectivity index (χ2v) is 8.04. The van der Waals surface area contributed by atoms with E-state index in [0.717, 1.165) is 0 Å². The smallest absolute Gasteiger partial charge is 0.244 e. The molecule has 1 fully saturated rings. The molecule has 0 spiro atoms. The maximum absolute atomic E-state index is 13.0. The maximum Gasteiger partial charge on any atom is 0.512 e. The van der Waals surface area contributed by atoms with Crippen molar-refractivity contribution in [2.24, 2.45) is 0 Å². The lowest BCUT2D eigenvalue weighted by Gasteiger charge is -2.29. The lowest BCUT2D eigenvalue weighted by molar-refractivity contribution is -0.0441. The Labute approximate surface area is 110 Å². The van der Waals surface area contributed by atoms with Crippen LogP contribution in [0.1, 0.15) is 12.8 Å². The predicted molar refractivity (Wildman–Crippen MR) is 54.7 cm³/mol. The summed E-state index contributed by atoms with van der Waals surface area (Å²) in [5, 5.41) is -2.11. The molecule has 0 saturated heterocycles. The van der Waals surface area contributed by atoms with Crippen LogP contribution in [0.25, 0.3) is 0 Å². The molecule has 0 aromatic carbocycles. The van der Waals surface area contributed by atoms with Crippen molar-refractivity contribution in [1.82, 2.24) is 4.13 Å². The minimum Gasteiger partial charge on any atom is -0.244 e. The summed E-state index contributed by atoms with van der Waals surface area (Å²) < 4.78 is 119. The molecule has 1 N–H and O–H groups in total. The van der Waals surface area contributed by atoms with Crippen molar-refractivity contribution in [3.63, 3.8) is 0 Å². The highest BCUT2D eigenvalue weighted by Crippen LogP contribution is 2.32. The highest BCUT2D eigenvalue weighted by Gasteiger charge is 2.51. The predicted octanol–water partition coefficient (Wildman–Crippen LogP) is 0.932. The van der Waals surface area contributed by atoms with Gasteiger partial charge in [-0.25, -0.2) is 30.0 Å². The molecule has 1 aliphatic carbocycles. The highest BCUT2D eigenvalue weighted by molar-refractivity contribution is 8.05. The summed E-state index contributed by atoms with van der Waals surface area (Å²) in [4.78, 5) is 0. The topological polar surface area (TPSA) is 80.3 Å². The standard InChI is InChI=1S/C7H9F6NO4S2/c8-4-1-3(2-5(9)6(4)10)19(15,16)14-20(17,18)7(11,12)13/h3-6,14H,1-2H2. The van der Waals surface area contributed by atoms with Gasteiger partial charge in [0.25, 0.3) is 0 Å². The molecule has 0 amide bonds. The zero-order valence-corrected chi connectivity index (χ0v) is 11.1. The zero-order chi connectivity index (χ0) is 15.9. The quantitative estimate of drug-likeness (QED) is 0.769. The molecule has 0 aromatic heterocycles. The first-order valence-electron chi connectivity index (χ1n) is 5.04. The Morgan fingerprint density at radius 3 is 1.65 bits per heavy atom. The average molecular weight is 349 g/mol. The molecule has 2 unspecified atom stereocenters.